The van der Waals surface area contributed by atoms with Crippen LogP contribution in [0.5, 0.6) is 0 Å². The van der Waals surface area contributed by atoms with Crippen LogP contribution >= 0.6 is 0 Å². The van der Waals surface area contributed by atoms with Crippen molar-refractivity contribution in [3.8, 4) is 11.3 Å². The molecule has 0 amide bonds. The topological polar surface area (TPSA) is 79.2 Å². The number of hydrogen-bond donors (Lipinski definition) is 1. The van der Waals surface area contributed by atoms with Crippen LogP contribution in [0.15, 0.2) is 67.0 Å². The molecular weight excluding hydrogens is 352 g/mol. The highest BCUT2D eigenvalue weighted by atomic mass is 16.4. The number of hydrogen-bond acceptors (Lipinski definition) is 5. The van der Waals surface area contributed by atoms with Crippen LogP contribution in [0.3, 0.4) is 0 Å². The fraction of sp³-hybridized carbons (Fsp3) is 0.0909. The summed E-state index contributed by atoms with van der Waals surface area (Å²) >= 11 is 0. The lowest BCUT2D eigenvalue weighted by atomic mass is 10.1. The lowest BCUT2D eigenvalue weighted by Gasteiger charge is -2.19. The van der Waals surface area contributed by atoms with Crippen LogP contribution in [-0.2, 0) is 6.42 Å². The molecule has 3 heterocycles. The molecule has 0 spiro atoms. The monoisotopic (exact) mass is 368 g/mol. The van der Waals surface area contributed by atoms with Crippen LogP contribution in [0.25, 0.3) is 22.3 Å². The van der Waals surface area contributed by atoms with Gasteiger partial charge in [-0.15, -0.1) is 0 Å². The summed E-state index contributed by atoms with van der Waals surface area (Å²) in [7, 11) is 0. The summed E-state index contributed by atoms with van der Waals surface area (Å²) in [6.45, 7) is 0.852. The molecular formula is C22H16N4O2. The minimum Gasteiger partial charge on any atom is -0.478 e. The van der Waals surface area contributed by atoms with Crippen molar-refractivity contribution in [1.29, 1.82) is 0 Å². The van der Waals surface area contributed by atoms with E-state index in [2.05, 4.69) is 33.1 Å². The van der Waals surface area contributed by atoms with E-state index in [9.17, 15) is 4.79 Å². The molecule has 0 radical (unpaired) electrons. The van der Waals surface area contributed by atoms with Crippen molar-refractivity contribution in [1.82, 2.24) is 15.0 Å². The minimum atomic E-state index is -0.943. The molecule has 1 aliphatic rings. The van der Waals surface area contributed by atoms with Crippen LogP contribution in [0, 0.1) is 0 Å². The zero-order chi connectivity index (χ0) is 19.1. The maximum atomic E-state index is 11.1. The highest BCUT2D eigenvalue weighted by molar-refractivity contribution is 5.91. The van der Waals surface area contributed by atoms with Crippen LogP contribution in [-0.4, -0.2) is 32.6 Å². The summed E-state index contributed by atoms with van der Waals surface area (Å²) < 4.78 is 0. The number of nitrogens with zero attached hydrogens (tertiary/aromatic N) is 4. The fourth-order valence-electron chi connectivity index (χ4n) is 3.63. The average molecular weight is 368 g/mol. The van der Waals surface area contributed by atoms with Gasteiger partial charge in [-0.05, 0) is 42.3 Å². The maximum Gasteiger partial charge on any atom is 0.335 e. The second-order valence-corrected chi connectivity index (χ2v) is 6.67. The standard InChI is InChI=1S/C22H16N4O2/c27-22(28)16-7-5-14(6-8-16)17-9-10-18-20(25-17)21(24-13-23-18)26-12-11-15-3-1-2-4-19(15)26/h1-10,13H,11-12H2,(H,27,28). The van der Waals surface area contributed by atoms with Gasteiger partial charge >= 0.3 is 5.97 Å². The van der Waals surface area contributed by atoms with Gasteiger partial charge in [0.2, 0.25) is 0 Å². The summed E-state index contributed by atoms with van der Waals surface area (Å²) in [5.74, 6) is -0.152. The number of aromatic carboxylic acids is 1. The van der Waals surface area contributed by atoms with Crippen LogP contribution in [0.1, 0.15) is 15.9 Å². The van der Waals surface area contributed by atoms with Gasteiger partial charge in [-0.1, -0.05) is 30.3 Å². The molecule has 2 aromatic carbocycles. The average Bonchev–Trinajstić information content (AvgIpc) is 3.17. The zero-order valence-electron chi connectivity index (χ0n) is 14.9. The molecule has 0 saturated heterocycles. The number of carboxylic acid groups (broad SMARTS) is 1. The summed E-state index contributed by atoms with van der Waals surface area (Å²) in [6.07, 6.45) is 2.54. The quantitative estimate of drug-likeness (QED) is 0.587. The van der Waals surface area contributed by atoms with Gasteiger partial charge in [0.15, 0.2) is 5.82 Å². The minimum absolute atomic E-state index is 0.252. The van der Waals surface area contributed by atoms with Gasteiger partial charge < -0.3 is 10.0 Å². The van der Waals surface area contributed by atoms with Gasteiger partial charge in [-0.3, -0.25) is 0 Å². The number of anilines is 2. The Labute approximate surface area is 161 Å². The van der Waals surface area contributed by atoms with Crippen LogP contribution in [0.2, 0.25) is 0 Å². The van der Waals surface area contributed by atoms with E-state index in [4.69, 9.17) is 10.1 Å². The number of carboxylic acids is 1. The maximum absolute atomic E-state index is 11.1. The molecule has 0 saturated carbocycles. The van der Waals surface area contributed by atoms with Gasteiger partial charge in [0.05, 0.1) is 16.8 Å². The first-order valence-electron chi connectivity index (χ1n) is 9.01. The number of rotatable bonds is 3. The van der Waals surface area contributed by atoms with Crippen molar-refractivity contribution >= 4 is 28.5 Å². The Kier molecular flexibility index (Phi) is 3.76. The van der Waals surface area contributed by atoms with Crippen molar-refractivity contribution in [3.63, 3.8) is 0 Å². The van der Waals surface area contributed by atoms with E-state index in [-0.39, 0.29) is 5.56 Å². The van der Waals surface area contributed by atoms with Gasteiger partial charge in [-0.25, -0.2) is 19.7 Å². The first-order valence-corrected chi connectivity index (χ1v) is 9.01. The third-order valence-electron chi connectivity index (χ3n) is 5.03. The number of benzene rings is 2. The molecule has 0 unspecified atom stereocenters. The molecule has 0 bridgehead atoms. The Hall–Kier alpha value is -3.80. The van der Waals surface area contributed by atoms with E-state index in [1.165, 1.54) is 5.56 Å². The molecule has 0 atom stereocenters. The predicted octanol–water partition coefficient (Wildman–Crippen LogP) is 4.08. The van der Waals surface area contributed by atoms with Crippen LogP contribution in [0.4, 0.5) is 11.5 Å². The largest absolute Gasteiger partial charge is 0.478 e. The summed E-state index contributed by atoms with van der Waals surface area (Å²) in [6, 6.07) is 18.9. The van der Waals surface area contributed by atoms with Gasteiger partial charge in [0, 0.05) is 17.8 Å². The smallest absolute Gasteiger partial charge is 0.335 e. The van der Waals surface area contributed by atoms with Crippen molar-refractivity contribution in [3.05, 3.63) is 78.1 Å². The molecule has 6 nitrogen and oxygen atoms in total. The highest BCUT2D eigenvalue weighted by Gasteiger charge is 2.23. The normalized spacial score (nSPS) is 12.9. The van der Waals surface area contributed by atoms with E-state index < -0.39 is 5.97 Å². The van der Waals surface area contributed by atoms with E-state index in [1.807, 2.05) is 18.2 Å². The highest BCUT2D eigenvalue weighted by Crippen LogP contribution is 2.36. The third-order valence-corrected chi connectivity index (χ3v) is 5.03. The Morgan fingerprint density at radius 1 is 0.964 bits per heavy atom. The summed E-state index contributed by atoms with van der Waals surface area (Å²) in [4.78, 5) is 27.0. The number of aromatic nitrogens is 3. The third kappa shape index (κ3) is 2.66. The number of para-hydroxylation sites is 1. The predicted molar refractivity (Wildman–Crippen MR) is 107 cm³/mol. The molecule has 0 fully saturated rings. The number of fused-ring (bicyclic) bond motifs is 2. The fourth-order valence-corrected chi connectivity index (χ4v) is 3.63. The molecule has 5 rings (SSSR count). The van der Waals surface area contributed by atoms with E-state index in [0.29, 0.717) is 0 Å². The number of carbonyl (C=O) groups is 1. The van der Waals surface area contributed by atoms with Crippen molar-refractivity contribution in [2.75, 3.05) is 11.4 Å². The molecule has 1 N–H and O–H groups in total. The van der Waals surface area contributed by atoms with E-state index in [0.717, 1.165) is 46.8 Å². The summed E-state index contributed by atoms with van der Waals surface area (Å²) in [5, 5.41) is 9.09. The Morgan fingerprint density at radius 3 is 2.61 bits per heavy atom. The van der Waals surface area contributed by atoms with Gasteiger partial charge in [0.25, 0.3) is 0 Å². The molecule has 28 heavy (non-hydrogen) atoms. The van der Waals surface area contributed by atoms with Crippen molar-refractivity contribution in [2.45, 2.75) is 6.42 Å². The van der Waals surface area contributed by atoms with E-state index in [1.54, 1.807) is 30.6 Å². The molecule has 6 heteroatoms. The molecule has 4 aromatic rings. The number of pyridine rings is 1. The summed E-state index contributed by atoms with van der Waals surface area (Å²) in [5.41, 5.74) is 5.83. The van der Waals surface area contributed by atoms with Gasteiger partial charge in [-0.2, -0.15) is 0 Å². The second kappa shape index (κ2) is 6.42. The second-order valence-electron chi connectivity index (χ2n) is 6.67. The van der Waals surface area contributed by atoms with Crippen molar-refractivity contribution in [2.24, 2.45) is 0 Å². The lowest BCUT2D eigenvalue weighted by Crippen LogP contribution is -2.16. The SMILES string of the molecule is O=C(O)c1ccc(-c2ccc3ncnc(N4CCc5ccccc54)c3n2)cc1. The Morgan fingerprint density at radius 2 is 1.79 bits per heavy atom. The molecule has 2 aromatic heterocycles. The lowest BCUT2D eigenvalue weighted by molar-refractivity contribution is 0.0697. The Bertz CT molecular complexity index is 1200. The van der Waals surface area contributed by atoms with E-state index >= 15 is 0 Å². The molecule has 136 valence electrons. The molecule has 1 aliphatic heterocycles. The van der Waals surface area contributed by atoms with Crippen molar-refractivity contribution < 1.29 is 9.90 Å². The van der Waals surface area contributed by atoms with Crippen LogP contribution < -0.4 is 4.90 Å². The molecule has 0 aliphatic carbocycles. The Balaban J connectivity index is 1.62. The van der Waals surface area contributed by atoms with Gasteiger partial charge in [0.1, 0.15) is 11.8 Å². The zero-order valence-corrected chi connectivity index (χ0v) is 14.9. The first kappa shape index (κ1) is 16.4. The first-order chi connectivity index (χ1) is 13.7.